The lowest BCUT2D eigenvalue weighted by molar-refractivity contribution is 0.150. The summed E-state index contributed by atoms with van der Waals surface area (Å²) in [5.41, 5.74) is 1.46. The lowest BCUT2D eigenvalue weighted by Gasteiger charge is -2.25. The monoisotopic (exact) mass is 279 g/mol. The quantitative estimate of drug-likeness (QED) is 0.833. The molecule has 1 aliphatic heterocycles. The van der Waals surface area contributed by atoms with E-state index in [-0.39, 0.29) is 5.41 Å². The Balaban J connectivity index is 1.82. The molecule has 0 atom stereocenters. The van der Waals surface area contributed by atoms with E-state index in [4.69, 9.17) is 14.2 Å². The minimum Gasteiger partial charge on any atom is -0.486 e. The molecule has 20 heavy (non-hydrogen) atoms. The van der Waals surface area contributed by atoms with Gasteiger partial charge in [0.15, 0.2) is 11.5 Å². The second-order valence-electron chi connectivity index (χ2n) is 5.99. The minimum atomic E-state index is 0.240. The topological polar surface area (TPSA) is 39.7 Å². The van der Waals surface area contributed by atoms with Gasteiger partial charge in [0.1, 0.15) is 13.2 Å². The zero-order valence-corrected chi connectivity index (χ0v) is 12.7. The average molecular weight is 279 g/mol. The Bertz CT molecular complexity index is 432. The van der Waals surface area contributed by atoms with Crippen molar-refractivity contribution in [3.05, 3.63) is 23.8 Å². The van der Waals surface area contributed by atoms with E-state index >= 15 is 0 Å². The standard InChI is InChI=1S/C16H25NO3/c1-16(2,6-7-18-3)12-17-11-13-4-5-14-15(10-13)20-9-8-19-14/h4-5,10,17H,6-9,11-12H2,1-3H3. The van der Waals surface area contributed by atoms with Crippen molar-refractivity contribution in [2.24, 2.45) is 5.41 Å². The zero-order valence-electron chi connectivity index (χ0n) is 12.7. The highest BCUT2D eigenvalue weighted by Gasteiger charge is 2.17. The summed E-state index contributed by atoms with van der Waals surface area (Å²) in [5.74, 6) is 1.70. The second-order valence-corrected chi connectivity index (χ2v) is 5.99. The Morgan fingerprint density at radius 3 is 2.70 bits per heavy atom. The zero-order chi connectivity index (χ0) is 14.4. The van der Waals surface area contributed by atoms with Crippen molar-refractivity contribution in [3.63, 3.8) is 0 Å². The van der Waals surface area contributed by atoms with Gasteiger partial charge in [-0.05, 0) is 29.5 Å². The maximum absolute atomic E-state index is 5.60. The molecule has 1 aromatic carbocycles. The third kappa shape index (κ3) is 4.39. The third-order valence-corrected chi connectivity index (χ3v) is 3.52. The molecule has 0 amide bonds. The molecule has 0 unspecified atom stereocenters. The summed E-state index contributed by atoms with van der Waals surface area (Å²) >= 11 is 0. The summed E-state index contributed by atoms with van der Waals surface area (Å²) in [7, 11) is 1.75. The molecular formula is C16H25NO3. The molecule has 4 nitrogen and oxygen atoms in total. The van der Waals surface area contributed by atoms with Crippen molar-refractivity contribution in [2.45, 2.75) is 26.8 Å². The molecule has 1 aromatic rings. The Morgan fingerprint density at radius 2 is 1.95 bits per heavy atom. The molecule has 0 bridgehead atoms. The molecule has 4 heteroatoms. The van der Waals surface area contributed by atoms with Crippen LogP contribution < -0.4 is 14.8 Å². The summed E-state index contributed by atoms with van der Waals surface area (Å²) in [5, 5.41) is 3.51. The van der Waals surface area contributed by atoms with Gasteiger partial charge in [-0.2, -0.15) is 0 Å². The van der Waals surface area contributed by atoms with Crippen molar-refractivity contribution < 1.29 is 14.2 Å². The normalized spacial score (nSPS) is 14.3. The molecule has 2 rings (SSSR count). The molecular weight excluding hydrogens is 254 g/mol. The van der Waals surface area contributed by atoms with E-state index in [0.29, 0.717) is 13.2 Å². The molecule has 1 N–H and O–H groups in total. The fourth-order valence-electron chi connectivity index (χ4n) is 2.21. The van der Waals surface area contributed by atoms with Crippen LogP contribution in [0.15, 0.2) is 18.2 Å². The van der Waals surface area contributed by atoms with Crippen LogP contribution in [-0.4, -0.2) is 33.5 Å². The number of benzene rings is 1. The lowest BCUT2D eigenvalue weighted by Crippen LogP contribution is -2.30. The van der Waals surface area contributed by atoms with Crippen molar-refractivity contribution >= 4 is 0 Å². The highest BCUT2D eigenvalue weighted by molar-refractivity contribution is 5.43. The molecule has 0 spiro atoms. The first kappa shape index (κ1) is 15.1. The summed E-state index contributed by atoms with van der Waals surface area (Å²) < 4.78 is 16.3. The smallest absolute Gasteiger partial charge is 0.161 e. The van der Waals surface area contributed by atoms with E-state index in [9.17, 15) is 0 Å². The summed E-state index contributed by atoms with van der Waals surface area (Å²) in [6, 6.07) is 6.13. The van der Waals surface area contributed by atoms with Crippen LogP contribution in [-0.2, 0) is 11.3 Å². The Morgan fingerprint density at radius 1 is 1.20 bits per heavy atom. The van der Waals surface area contributed by atoms with Gasteiger partial charge in [0.2, 0.25) is 0 Å². The molecule has 1 heterocycles. The van der Waals surface area contributed by atoms with Gasteiger partial charge in [-0.15, -0.1) is 0 Å². The van der Waals surface area contributed by atoms with E-state index in [1.54, 1.807) is 7.11 Å². The number of fused-ring (bicyclic) bond motifs is 1. The SMILES string of the molecule is COCCC(C)(C)CNCc1ccc2c(c1)OCCO2. The summed E-state index contributed by atoms with van der Waals surface area (Å²) in [6.07, 6.45) is 1.05. The van der Waals surface area contributed by atoms with E-state index in [1.165, 1.54) is 5.56 Å². The number of hydrogen-bond acceptors (Lipinski definition) is 4. The van der Waals surface area contributed by atoms with E-state index in [0.717, 1.165) is 37.6 Å². The van der Waals surface area contributed by atoms with E-state index in [2.05, 4.69) is 31.3 Å². The number of methoxy groups -OCH3 is 1. The number of rotatable bonds is 7. The third-order valence-electron chi connectivity index (χ3n) is 3.52. The molecule has 0 aliphatic carbocycles. The van der Waals surface area contributed by atoms with Gasteiger partial charge < -0.3 is 19.5 Å². The lowest BCUT2D eigenvalue weighted by atomic mass is 9.89. The minimum absolute atomic E-state index is 0.240. The van der Waals surface area contributed by atoms with Gasteiger partial charge >= 0.3 is 0 Å². The van der Waals surface area contributed by atoms with Gasteiger partial charge in [-0.1, -0.05) is 19.9 Å². The number of ether oxygens (including phenoxy) is 3. The van der Waals surface area contributed by atoms with Gasteiger partial charge in [-0.3, -0.25) is 0 Å². The summed E-state index contributed by atoms with van der Waals surface area (Å²) in [4.78, 5) is 0. The molecule has 0 saturated carbocycles. The Labute approximate surface area is 121 Å². The van der Waals surface area contributed by atoms with Crippen molar-refractivity contribution in [1.82, 2.24) is 5.32 Å². The fourth-order valence-corrected chi connectivity index (χ4v) is 2.21. The Kier molecular flexibility index (Phi) is 5.26. The molecule has 1 aliphatic rings. The highest BCUT2D eigenvalue weighted by Crippen LogP contribution is 2.30. The van der Waals surface area contributed by atoms with Crippen LogP contribution in [0, 0.1) is 5.41 Å². The predicted molar refractivity (Wildman–Crippen MR) is 79.4 cm³/mol. The van der Waals surface area contributed by atoms with Crippen LogP contribution in [0.4, 0.5) is 0 Å². The van der Waals surface area contributed by atoms with Gasteiger partial charge in [0.25, 0.3) is 0 Å². The first-order valence-corrected chi connectivity index (χ1v) is 7.19. The highest BCUT2D eigenvalue weighted by atomic mass is 16.6. The molecule has 0 saturated heterocycles. The van der Waals surface area contributed by atoms with Crippen LogP contribution in [0.3, 0.4) is 0 Å². The maximum atomic E-state index is 5.60. The van der Waals surface area contributed by atoms with Crippen LogP contribution in [0.2, 0.25) is 0 Å². The van der Waals surface area contributed by atoms with E-state index in [1.807, 2.05) is 6.07 Å². The molecule has 0 radical (unpaired) electrons. The van der Waals surface area contributed by atoms with Gasteiger partial charge in [-0.25, -0.2) is 0 Å². The average Bonchev–Trinajstić information content (AvgIpc) is 2.45. The molecule has 0 fully saturated rings. The predicted octanol–water partition coefficient (Wildman–Crippen LogP) is 2.61. The second kappa shape index (κ2) is 6.95. The first-order chi connectivity index (χ1) is 9.61. The van der Waals surface area contributed by atoms with Crippen molar-refractivity contribution in [1.29, 1.82) is 0 Å². The van der Waals surface area contributed by atoms with Crippen LogP contribution in [0.25, 0.3) is 0 Å². The van der Waals surface area contributed by atoms with Crippen molar-refractivity contribution in [2.75, 3.05) is 33.5 Å². The van der Waals surface area contributed by atoms with Crippen molar-refractivity contribution in [3.8, 4) is 11.5 Å². The molecule has 112 valence electrons. The van der Waals surface area contributed by atoms with E-state index < -0.39 is 0 Å². The van der Waals surface area contributed by atoms with Crippen LogP contribution in [0.5, 0.6) is 11.5 Å². The van der Waals surface area contributed by atoms with Gasteiger partial charge in [0.05, 0.1) is 0 Å². The van der Waals surface area contributed by atoms with Crippen LogP contribution in [0.1, 0.15) is 25.8 Å². The van der Waals surface area contributed by atoms with Crippen LogP contribution >= 0.6 is 0 Å². The Hall–Kier alpha value is -1.26. The number of nitrogens with one attached hydrogen (secondary N) is 1. The summed E-state index contributed by atoms with van der Waals surface area (Å²) in [6.45, 7) is 8.38. The number of hydrogen-bond donors (Lipinski definition) is 1. The molecule has 0 aromatic heterocycles. The first-order valence-electron chi connectivity index (χ1n) is 7.19. The largest absolute Gasteiger partial charge is 0.486 e. The van der Waals surface area contributed by atoms with Gasteiger partial charge in [0, 0.05) is 26.8 Å². The fraction of sp³-hybridized carbons (Fsp3) is 0.625. The maximum Gasteiger partial charge on any atom is 0.161 e.